The lowest BCUT2D eigenvalue weighted by molar-refractivity contribution is 0.0992. The normalized spacial score (nSPS) is 15.1. The van der Waals surface area contributed by atoms with Crippen LogP contribution in [0.5, 0.6) is 11.5 Å². The van der Waals surface area contributed by atoms with E-state index in [-0.39, 0.29) is 18.4 Å². The molecule has 8 nitrogen and oxygen atoms in total. The van der Waals surface area contributed by atoms with Gasteiger partial charge in [0.1, 0.15) is 17.5 Å². The third-order valence-corrected chi connectivity index (χ3v) is 6.74. The zero-order valence-electron chi connectivity index (χ0n) is 21.2. The Bertz CT molecular complexity index is 1250. The number of rotatable bonds is 9. The Morgan fingerprint density at radius 3 is 2.05 bits per heavy atom. The largest absolute Gasteiger partial charge is 0.497 e. The van der Waals surface area contributed by atoms with Crippen LogP contribution in [0.4, 0.5) is 0 Å². The van der Waals surface area contributed by atoms with Crippen molar-refractivity contribution in [1.82, 2.24) is 30.0 Å². The van der Waals surface area contributed by atoms with E-state index in [2.05, 4.69) is 73.9 Å². The van der Waals surface area contributed by atoms with Gasteiger partial charge in [0.2, 0.25) is 0 Å². The van der Waals surface area contributed by atoms with Gasteiger partial charge in [0.05, 0.1) is 20.8 Å². The highest BCUT2D eigenvalue weighted by atomic mass is 35.5. The number of methoxy groups -OCH3 is 2. The molecule has 1 aromatic heterocycles. The molecule has 9 heteroatoms. The van der Waals surface area contributed by atoms with Crippen LogP contribution in [0.15, 0.2) is 78.9 Å². The SMILES string of the molecule is COc1ccc(C(c2nnnn2Cc2ccccc2)N2CCN(Cc3ccccc3)CC2)c(OC)c1.Cl. The molecule has 4 aromatic rings. The molecular weight excluding hydrogens is 488 g/mol. The standard InChI is InChI=1S/C28H32N6O2.ClH/c1-35-24-13-14-25(26(19-24)36-2)27(28-29-30-31-34(28)21-23-11-7-4-8-12-23)33-17-15-32(16-18-33)20-22-9-5-3-6-10-22;/h3-14,19,27H,15-18,20-21H2,1-2H3;1H. The summed E-state index contributed by atoms with van der Waals surface area (Å²) in [5.41, 5.74) is 3.52. The molecule has 3 aromatic carbocycles. The molecule has 5 rings (SSSR count). The van der Waals surface area contributed by atoms with Gasteiger partial charge < -0.3 is 9.47 Å². The molecule has 1 atom stereocenters. The first-order valence-electron chi connectivity index (χ1n) is 12.3. The van der Waals surface area contributed by atoms with E-state index in [1.807, 2.05) is 35.0 Å². The maximum Gasteiger partial charge on any atom is 0.173 e. The Kier molecular flexibility index (Phi) is 9.11. The van der Waals surface area contributed by atoms with Crippen molar-refractivity contribution in [3.63, 3.8) is 0 Å². The molecule has 1 aliphatic heterocycles. The molecule has 1 aliphatic rings. The highest BCUT2D eigenvalue weighted by Crippen LogP contribution is 2.36. The lowest BCUT2D eigenvalue weighted by Gasteiger charge is -2.39. The molecular formula is C28H33ClN6O2. The Morgan fingerprint density at radius 1 is 0.784 bits per heavy atom. The van der Waals surface area contributed by atoms with Crippen molar-refractivity contribution in [2.75, 3.05) is 40.4 Å². The summed E-state index contributed by atoms with van der Waals surface area (Å²) in [4.78, 5) is 4.96. The van der Waals surface area contributed by atoms with Crippen molar-refractivity contribution in [3.8, 4) is 11.5 Å². The number of nitrogens with zero attached hydrogens (tertiary/aromatic N) is 6. The van der Waals surface area contributed by atoms with Crippen LogP contribution in [0.25, 0.3) is 0 Å². The van der Waals surface area contributed by atoms with Gasteiger partial charge in [0, 0.05) is 44.4 Å². The molecule has 194 valence electrons. The van der Waals surface area contributed by atoms with Crippen LogP contribution in [0.2, 0.25) is 0 Å². The van der Waals surface area contributed by atoms with Gasteiger partial charge in [-0.15, -0.1) is 17.5 Å². The van der Waals surface area contributed by atoms with Gasteiger partial charge in [-0.25, -0.2) is 4.68 Å². The number of tetrazole rings is 1. The minimum Gasteiger partial charge on any atom is -0.497 e. The van der Waals surface area contributed by atoms with Gasteiger partial charge in [-0.1, -0.05) is 60.7 Å². The average Bonchev–Trinajstić information content (AvgIpc) is 3.38. The topological polar surface area (TPSA) is 68.5 Å². The first kappa shape index (κ1) is 26.6. The van der Waals surface area contributed by atoms with E-state index in [0.29, 0.717) is 6.54 Å². The molecule has 1 saturated heterocycles. The molecule has 2 heterocycles. The molecule has 1 unspecified atom stereocenters. The molecule has 0 spiro atoms. The summed E-state index contributed by atoms with van der Waals surface area (Å²) in [6.45, 7) is 5.27. The van der Waals surface area contributed by atoms with Gasteiger partial charge in [-0.2, -0.15) is 0 Å². The number of ether oxygens (including phenoxy) is 2. The first-order valence-corrected chi connectivity index (χ1v) is 12.3. The van der Waals surface area contributed by atoms with Crippen molar-refractivity contribution in [2.45, 2.75) is 19.1 Å². The van der Waals surface area contributed by atoms with Crippen LogP contribution in [0, 0.1) is 0 Å². The summed E-state index contributed by atoms with van der Waals surface area (Å²) in [6, 6.07) is 26.7. The number of hydrogen-bond donors (Lipinski definition) is 0. The lowest BCUT2D eigenvalue weighted by Crippen LogP contribution is -2.48. The highest BCUT2D eigenvalue weighted by molar-refractivity contribution is 5.85. The van der Waals surface area contributed by atoms with Gasteiger partial charge in [-0.3, -0.25) is 9.80 Å². The Morgan fingerprint density at radius 2 is 1.43 bits per heavy atom. The average molecular weight is 521 g/mol. The third-order valence-electron chi connectivity index (χ3n) is 6.74. The van der Waals surface area contributed by atoms with Crippen LogP contribution in [0.1, 0.15) is 28.6 Å². The maximum atomic E-state index is 5.82. The van der Waals surface area contributed by atoms with Gasteiger partial charge in [-0.05, 0) is 33.7 Å². The van der Waals surface area contributed by atoms with Crippen LogP contribution in [-0.2, 0) is 13.1 Å². The summed E-state index contributed by atoms with van der Waals surface area (Å²) in [5, 5.41) is 13.0. The number of piperazine rings is 1. The lowest BCUT2D eigenvalue weighted by atomic mass is 10.0. The third kappa shape index (κ3) is 6.28. The number of halogens is 1. The highest BCUT2D eigenvalue weighted by Gasteiger charge is 2.32. The molecule has 0 N–H and O–H groups in total. The number of hydrogen-bond acceptors (Lipinski definition) is 7. The molecule has 0 aliphatic carbocycles. The second-order valence-corrected chi connectivity index (χ2v) is 8.99. The predicted octanol–water partition coefficient (Wildman–Crippen LogP) is 4.07. The molecule has 0 saturated carbocycles. The minimum atomic E-state index is -0.150. The number of benzene rings is 3. The van der Waals surface area contributed by atoms with E-state index in [0.717, 1.165) is 61.2 Å². The summed E-state index contributed by atoms with van der Waals surface area (Å²) >= 11 is 0. The fourth-order valence-corrected chi connectivity index (χ4v) is 4.84. The summed E-state index contributed by atoms with van der Waals surface area (Å²) < 4.78 is 13.2. The summed E-state index contributed by atoms with van der Waals surface area (Å²) in [5.74, 6) is 2.32. The van der Waals surface area contributed by atoms with E-state index in [1.165, 1.54) is 5.56 Å². The second-order valence-electron chi connectivity index (χ2n) is 8.99. The summed E-state index contributed by atoms with van der Waals surface area (Å²) in [7, 11) is 3.36. The zero-order valence-corrected chi connectivity index (χ0v) is 22.1. The monoisotopic (exact) mass is 520 g/mol. The van der Waals surface area contributed by atoms with Crippen molar-refractivity contribution in [2.24, 2.45) is 0 Å². The molecule has 0 bridgehead atoms. The van der Waals surface area contributed by atoms with E-state index in [9.17, 15) is 0 Å². The molecule has 37 heavy (non-hydrogen) atoms. The maximum absolute atomic E-state index is 5.82. The van der Waals surface area contributed by atoms with Crippen LogP contribution in [0.3, 0.4) is 0 Å². The Balaban J connectivity index is 0.00000320. The second kappa shape index (κ2) is 12.7. The van der Waals surface area contributed by atoms with E-state index in [1.54, 1.807) is 14.2 Å². The Labute approximate surface area is 224 Å². The Hall–Kier alpha value is -3.46. The fraction of sp³-hybridized carbons (Fsp3) is 0.321. The van der Waals surface area contributed by atoms with E-state index >= 15 is 0 Å². The van der Waals surface area contributed by atoms with Gasteiger partial charge >= 0.3 is 0 Å². The van der Waals surface area contributed by atoms with Gasteiger partial charge in [0.15, 0.2) is 5.82 Å². The van der Waals surface area contributed by atoms with Crippen LogP contribution < -0.4 is 9.47 Å². The van der Waals surface area contributed by atoms with Crippen molar-refractivity contribution in [3.05, 3.63) is 101 Å². The molecule has 1 fully saturated rings. The molecule has 0 radical (unpaired) electrons. The number of aromatic nitrogens is 4. The molecule has 0 amide bonds. The van der Waals surface area contributed by atoms with Crippen molar-refractivity contribution >= 4 is 12.4 Å². The first-order chi connectivity index (χ1) is 17.7. The summed E-state index contributed by atoms with van der Waals surface area (Å²) in [6.07, 6.45) is 0. The van der Waals surface area contributed by atoms with E-state index < -0.39 is 0 Å². The van der Waals surface area contributed by atoms with Crippen molar-refractivity contribution < 1.29 is 9.47 Å². The zero-order chi connectivity index (χ0) is 24.7. The van der Waals surface area contributed by atoms with Crippen molar-refractivity contribution in [1.29, 1.82) is 0 Å². The minimum absolute atomic E-state index is 0. The van der Waals surface area contributed by atoms with Gasteiger partial charge in [0.25, 0.3) is 0 Å². The van der Waals surface area contributed by atoms with Crippen LogP contribution in [-0.4, -0.2) is 70.4 Å². The smallest absolute Gasteiger partial charge is 0.173 e. The van der Waals surface area contributed by atoms with E-state index in [4.69, 9.17) is 9.47 Å². The fourth-order valence-electron chi connectivity index (χ4n) is 4.84. The van der Waals surface area contributed by atoms with Crippen LogP contribution >= 0.6 is 12.4 Å². The quantitative estimate of drug-likeness (QED) is 0.329. The predicted molar refractivity (Wildman–Crippen MR) is 145 cm³/mol.